The van der Waals surface area contributed by atoms with Crippen LogP contribution in [0.3, 0.4) is 0 Å². The van der Waals surface area contributed by atoms with Crippen LogP contribution in [0, 0.1) is 6.92 Å². The van der Waals surface area contributed by atoms with E-state index < -0.39 is 0 Å². The molecule has 0 saturated heterocycles. The summed E-state index contributed by atoms with van der Waals surface area (Å²) in [6.07, 6.45) is 6.76. The normalized spacial score (nSPS) is 15.1. The summed E-state index contributed by atoms with van der Waals surface area (Å²) in [5, 5.41) is 6.88. The minimum Gasteiger partial charge on any atom is -0.367 e. The molecule has 2 aromatic rings. The standard InChI is InChI=1S/C17H22N4/c1-13-6-2-3-7-14(13)11-18-16-10-17(20-12-19-16)21-15-8-4-5-9-15/h2-3,6-7,10,12,15H,4-5,8-9,11H2,1H3,(H2,18,19,20,21). The second kappa shape index (κ2) is 6.57. The van der Waals surface area contributed by atoms with Crippen LogP contribution in [0.5, 0.6) is 0 Å². The van der Waals surface area contributed by atoms with Crippen LogP contribution in [0.2, 0.25) is 0 Å². The fourth-order valence-electron chi connectivity index (χ4n) is 2.81. The molecule has 3 rings (SSSR count). The van der Waals surface area contributed by atoms with Crippen LogP contribution in [0.1, 0.15) is 36.8 Å². The first kappa shape index (κ1) is 13.9. The van der Waals surface area contributed by atoms with Crippen LogP contribution in [0.25, 0.3) is 0 Å². The number of anilines is 2. The van der Waals surface area contributed by atoms with E-state index >= 15 is 0 Å². The van der Waals surface area contributed by atoms with Crippen LogP contribution in [-0.2, 0) is 6.54 Å². The second-order valence-electron chi connectivity index (χ2n) is 5.69. The Bertz CT molecular complexity index is 591. The van der Waals surface area contributed by atoms with Gasteiger partial charge in [-0.3, -0.25) is 0 Å². The van der Waals surface area contributed by atoms with Crippen molar-refractivity contribution < 1.29 is 0 Å². The van der Waals surface area contributed by atoms with Crippen molar-refractivity contribution in [3.8, 4) is 0 Å². The number of hydrogen-bond acceptors (Lipinski definition) is 4. The zero-order valence-corrected chi connectivity index (χ0v) is 12.5. The molecular weight excluding hydrogens is 260 g/mol. The van der Waals surface area contributed by atoms with E-state index in [2.05, 4.69) is 51.8 Å². The van der Waals surface area contributed by atoms with E-state index in [9.17, 15) is 0 Å². The van der Waals surface area contributed by atoms with Gasteiger partial charge in [0.1, 0.15) is 18.0 Å². The van der Waals surface area contributed by atoms with Crippen LogP contribution in [0.15, 0.2) is 36.7 Å². The van der Waals surface area contributed by atoms with E-state index in [0.717, 1.165) is 18.2 Å². The molecular formula is C17H22N4. The summed E-state index contributed by atoms with van der Waals surface area (Å²) in [5.74, 6) is 1.79. The van der Waals surface area contributed by atoms with Gasteiger partial charge in [-0.05, 0) is 30.9 Å². The monoisotopic (exact) mass is 282 g/mol. The lowest BCUT2D eigenvalue weighted by molar-refractivity contribution is 0.750. The second-order valence-corrected chi connectivity index (χ2v) is 5.69. The smallest absolute Gasteiger partial charge is 0.131 e. The van der Waals surface area contributed by atoms with E-state index in [1.54, 1.807) is 6.33 Å². The first-order valence-electron chi connectivity index (χ1n) is 7.68. The Morgan fingerprint density at radius 2 is 1.86 bits per heavy atom. The lowest BCUT2D eigenvalue weighted by atomic mass is 10.1. The van der Waals surface area contributed by atoms with Gasteiger partial charge in [0, 0.05) is 18.7 Å². The molecule has 0 radical (unpaired) electrons. The Labute approximate surface area is 126 Å². The van der Waals surface area contributed by atoms with E-state index in [4.69, 9.17) is 0 Å². The SMILES string of the molecule is Cc1ccccc1CNc1cc(NC2CCCC2)ncn1. The van der Waals surface area contributed by atoms with Crippen molar-refractivity contribution >= 4 is 11.6 Å². The maximum absolute atomic E-state index is 4.31. The van der Waals surface area contributed by atoms with Crippen molar-refractivity contribution in [1.82, 2.24) is 9.97 Å². The van der Waals surface area contributed by atoms with Crippen LogP contribution < -0.4 is 10.6 Å². The number of nitrogens with zero attached hydrogens (tertiary/aromatic N) is 2. The molecule has 0 bridgehead atoms. The molecule has 4 heteroatoms. The van der Waals surface area contributed by atoms with Gasteiger partial charge in [-0.15, -0.1) is 0 Å². The lowest BCUT2D eigenvalue weighted by Gasteiger charge is -2.13. The van der Waals surface area contributed by atoms with Gasteiger partial charge in [0.25, 0.3) is 0 Å². The molecule has 0 amide bonds. The number of rotatable bonds is 5. The summed E-state index contributed by atoms with van der Waals surface area (Å²) >= 11 is 0. The molecule has 1 aliphatic rings. The fourth-order valence-corrected chi connectivity index (χ4v) is 2.81. The van der Waals surface area contributed by atoms with Crippen molar-refractivity contribution in [2.24, 2.45) is 0 Å². The van der Waals surface area contributed by atoms with Gasteiger partial charge in [-0.1, -0.05) is 37.1 Å². The Balaban J connectivity index is 1.61. The maximum atomic E-state index is 4.31. The van der Waals surface area contributed by atoms with Gasteiger partial charge in [0.15, 0.2) is 0 Å². The minimum absolute atomic E-state index is 0.573. The van der Waals surface area contributed by atoms with Crippen molar-refractivity contribution in [2.75, 3.05) is 10.6 Å². The average Bonchev–Trinajstić information content (AvgIpc) is 3.00. The Kier molecular flexibility index (Phi) is 4.34. The predicted octanol–water partition coefficient (Wildman–Crippen LogP) is 3.75. The first-order chi connectivity index (χ1) is 10.3. The van der Waals surface area contributed by atoms with Gasteiger partial charge in [0.05, 0.1) is 0 Å². The highest BCUT2D eigenvalue weighted by atomic mass is 15.1. The van der Waals surface area contributed by atoms with E-state index in [1.165, 1.54) is 36.8 Å². The zero-order chi connectivity index (χ0) is 14.5. The number of hydrogen-bond donors (Lipinski definition) is 2. The fraction of sp³-hybridized carbons (Fsp3) is 0.412. The summed E-state index contributed by atoms with van der Waals surface area (Å²) < 4.78 is 0. The first-order valence-corrected chi connectivity index (χ1v) is 7.68. The molecule has 1 fully saturated rings. The Morgan fingerprint density at radius 1 is 1.10 bits per heavy atom. The molecule has 0 unspecified atom stereocenters. The van der Waals surface area contributed by atoms with E-state index in [0.29, 0.717) is 6.04 Å². The number of benzene rings is 1. The number of aromatic nitrogens is 2. The van der Waals surface area contributed by atoms with E-state index in [-0.39, 0.29) is 0 Å². The molecule has 2 N–H and O–H groups in total. The molecule has 1 aromatic heterocycles. The van der Waals surface area contributed by atoms with Crippen molar-refractivity contribution in [2.45, 2.75) is 45.2 Å². The summed E-state index contributed by atoms with van der Waals surface area (Å²) in [4.78, 5) is 8.61. The summed E-state index contributed by atoms with van der Waals surface area (Å²) in [6.45, 7) is 2.91. The van der Waals surface area contributed by atoms with Gasteiger partial charge < -0.3 is 10.6 Å². The van der Waals surface area contributed by atoms with Crippen LogP contribution in [-0.4, -0.2) is 16.0 Å². The molecule has 1 aliphatic carbocycles. The summed E-state index contributed by atoms with van der Waals surface area (Å²) in [6, 6.07) is 11.0. The van der Waals surface area contributed by atoms with Crippen molar-refractivity contribution in [3.63, 3.8) is 0 Å². The Morgan fingerprint density at radius 3 is 2.67 bits per heavy atom. The van der Waals surface area contributed by atoms with E-state index in [1.807, 2.05) is 6.07 Å². The third-order valence-electron chi connectivity index (χ3n) is 4.10. The lowest BCUT2D eigenvalue weighted by Crippen LogP contribution is -2.15. The Hall–Kier alpha value is -2.10. The molecule has 4 nitrogen and oxygen atoms in total. The predicted molar refractivity (Wildman–Crippen MR) is 86.4 cm³/mol. The molecule has 1 aromatic carbocycles. The molecule has 0 atom stereocenters. The molecule has 110 valence electrons. The van der Waals surface area contributed by atoms with Gasteiger partial charge in [-0.2, -0.15) is 0 Å². The third-order valence-corrected chi connectivity index (χ3v) is 4.10. The topological polar surface area (TPSA) is 49.8 Å². The van der Waals surface area contributed by atoms with Crippen molar-refractivity contribution in [3.05, 3.63) is 47.8 Å². The zero-order valence-electron chi connectivity index (χ0n) is 12.5. The molecule has 0 spiro atoms. The van der Waals surface area contributed by atoms with Crippen LogP contribution >= 0.6 is 0 Å². The molecule has 21 heavy (non-hydrogen) atoms. The van der Waals surface area contributed by atoms with Gasteiger partial charge in [0.2, 0.25) is 0 Å². The average molecular weight is 282 g/mol. The van der Waals surface area contributed by atoms with Crippen LogP contribution in [0.4, 0.5) is 11.6 Å². The minimum atomic E-state index is 0.573. The highest BCUT2D eigenvalue weighted by molar-refractivity contribution is 5.47. The number of aryl methyl sites for hydroxylation is 1. The quantitative estimate of drug-likeness (QED) is 0.877. The van der Waals surface area contributed by atoms with Gasteiger partial charge >= 0.3 is 0 Å². The summed E-state index contributed by atoms with van der Waals surface area (Å²) in [7, 11) is 0. The largest absolute Gasteiger partial charge is 0.367 e. The maximum Gasteiger partial charge on any atom is 0.131 e. The van der Waals surface area contributed by atoms with Crippen molar-refractivity contribution in [1.29, 1.82) is 0 Å². The molecule has 1 saturated carbocycles. The molecule has 1 heterocycles. The molecule has 0 aliphatic heterocycles. The highest BCUT2D eigenvalue weighted by Gasteiger charge is 2.15. The van der Waals surface area contributed by atoms with Gasteiger partial charge in [-0.25, -0.2) is 9.97 Å². The summed E-state index contributed by atoms with van der Waals surface area (Å²) in [5.41, 5.74) is 2.59. The highest BCUT2D eigenvalue weighted by Crippen LogP contribution is 2.22. The third kappa shape index (κ3) is 3.72. The number of nitrogens with one attached hydrogen (secondary N) is 2.